The molecule has 1 fully saturated rings. The number of hydrogen-bond acceptors (Lipinski definition) is 5. The summed E-state index contributed by atoms with van der Waals surface area (Å²) in [5, 5.41) is 3.03. The van der Waals surface area contributed by atoms with Crippen molar-refractivity contribution in [3.8, 4) is 5.75 Å². The molecule has 0 bridgehead atoms. The number of hydrogen-bond donors (Lipinski definition) is 1. The Kier molecular flexibility index (Phi) is 5.25. The fourth-order valence-corrected chi connectivity index (χ4v) is 2.97. The Balaban J connectivity index is 1.50. The highest BCUT2D eigenvalue weighted by Crippen LogP contribution is 2.21. The predicted octanol–water partition coefficient (Wildman–Crippen LogP) is 2.02. The van der Waals surface area contributed by atoms with Crippen LogP contribution in [0.2, 0.25) is 0 Å². The lowest BCUT2D eigenvalue weighted by molar-refractivity contribution is -0.125. The highest BCUT2D eigenvalue weighted by atomic mass is 16.5. The normalized spacial score (nSPS) is 15.1. The molecule has 24 heavy (non-hydrogen) atoms. The lowest BCUT2D eigenvalue weighted by Crippen LogP contribution is -2.41. The molecule has 1 aromatic carbocycles. The number of nitrogens with one attached hydrogen (secondary N) is 1. The molecule has 6 nitrogen and oxygen atoms in total. The van der Waals surface area contributed by atoms with Crippen LogP contribution in [0.1, 0.15) is 18.4 Å². The van der Waals surface area contributed by atoms with E-state index in [4.69, 9.17) is 4.74 Å². The molecule has 3 rings (SSSR count). The van der Waals surface area contributed by atoms with E-state index in [1.807, 2.05) is 30.3 Å². The van der Waals surface area contributed by atoms with Gasteiger partial charge in [-0.05, 0) is 25.0 Å². The summed E-state index contributed by atoms with van der Waals surface area (Å²) in [7, 11) is 1.64. The van der Waals surface area contributed by atoms with Crippen molar-refractivity contribution < 1.29 is 9.53 Å². The Labute approximate surface area is 141 Å². The van der Waals surface area contributed by atoms with Crippen molar-refractivity contribution in [3.63, 3.8) is 0 Å². The number of carbonyl (C=O) groups excluding carboxylic acids is 1. The van der Waals surface area contributed by atoms with Crippen LogP contribution < -0.4 is 15.0 Å². The topological polar surface area (TPSA) is 67.3 Å². The number of nitrogens with zero attached hydrogens (tertiary/aromatic N) is 3. The maximum absolute atomic E-state index is 12.4. The minimum absolute atomic E-state index is 0.0414. The van der Waals surface area contributed by atoms with Crippen LogP contribution in [0.3, 0.4) is 0 Å². The van der Waals surface area contributed by atoms with Crippen molar-refractivity contribution >= 4 is 11.9 Å². The van der Waals surface area contributed by atoms with Gasteiger partial charge < -0.3 is 15.0 Å². The number of para-hydroxylation sites is 1. The smallest absolute Gasteiger partial charge is 0.225 e. The number of rotatable bonds is 5. The summed E-state index contributed by atoms with van der Waals surface area (Å²) >= 11 is 0. The molecule has 0 saturated carbocycles. The van der Waals surface area contributed by atoms with Gasteiger partial charge in [-0.15, -0.1) is 0 Å². The van der Waals surface area contributed by atoms with E-state index in [2.05, 4.69) is 20.2 Å². The molecule has 0 radical (unpaired) electrons. The first-order valence-corrected chi connectivity index (χ1v) is 8.19. The summed E-state index contributed by atoms with van der Waals surface area (Å²) < 4.78 is 5.31. The van der Waals surface area contributed by atoms with Gasteiger partial charge in [0.25, 0.3) is 0 Å². The van der Waals surface area contributed by atoms with Crippen LogP contribution in [0.25, 0.3) is 0 Å². The van der Waals surface area contributed by atoms with Crippen LogP contribution in [0, 0.1) is 5.92 Å². The lowest BCUT2D eigenvalue weighted by Gasteiger charge is -2.31. The molecule has 1 aliphatic heterocycles. The number of anilines is 1. The summed E-state index contributed by atoms with van der Waals surface area (Å²) in [6, 6.07) is 9.55. The molecule has 1 aromatic heterocycles. The van der Waals surface area contributed by atoms with Gasteiger partial charge in [0, 0.05) is 43.5 Å². The molecular formula is C18H22N4O2. The van der Waals surface area contributed by atoms with Gasteiger partial charge in [0.1, 0.15) is 5.75 Å². The van der Waals surface area contributed by atoms with Crippen molar-refractivity contribution in [1.82, 2.24) is 15.3 Å². The van der Waals surface area contributed by atoms with Crippen molar-refractivity contribution in [2.45, 2.75) is 19.4 Å². The Hall–Kier alpha value is -2.63. The fourth-order valence-electron chi connectivity index (χ4n) is 2.97. The summed E-state index contributed by atoms with van der Waals surface area (Å²) in [5.74, 6) is 1.69. The van der Waals surface area contributed by atoms with Crippen molar-refractivity contribution in [3.05, 3.63) is 48.3 Å². The average Bonchev–Trinajstić information content (AvgIpc) is 2.67. The van der Waals surface area contributed by atoms with E-state index < -0.39 is 0 Å². The third kappa shape index (κ3) is 3.82. The Morgan fingerprint density at radius 1 is 1.21 bits per heavy atom. The van der Waals surface area contributed by atoms with E-state index in [0.717, 1.165) is 43.2 Å². The van der Waals surface area contributed by atoms with E-state index >= 15 is 0 Å². The Morgan fingerprint density at radius 3 is 2.62 bits per heavy atom. The number of methoxy groups -OCH3 is 1. The average molecular weight is 326 g/mol. The third-order valence-electron chi connectivity index (χ3n) is 4.35. The van der Waals surface area contributed by atoms with Gasteiger partial charge >= 0.3 is 0 Å². The van der Waals surface area contributed by atoms with Crippen molar-refractivity contribution in [2.24, 2.45) is 5.92 Å². The zero-order chi connectivity index (χ0) is 16.8. The monoisotopic (exact) mass is 326 g/mol. The molecule has 1 saturated heterocycles. The largest absolute Gasteiger partial charge is 0.496 e. The Bertz CT molecular complexity index is 670. The number of carbonyl (C=O) groups is 1. The molecule has 0 spiro atoms. The fraction of sp³-hybridized carbons (Fsp3) is 0.389. The second kappa shape index (κ2) is 7.77. The maximum atomic E-state index is 12.4. The standard InChI is InChI=1S/C18H22N4O2/c1-24-16-6-3-2-5-15(16)13-21-17(23)14-7-11-22(12-8-14)18-19-9-4-10-20-18/h2-6,9-10,14H,7-8,11-13H2,1H3,(H,21,23). The number of piperidine rings is 1. The van der Waals surface area contributed by atoms with Crippen LogP contribution in [0.4, 0.5) is 5.95 Å². The second-order valence-electron chi connectivity index (χ2n) is 5.84. The molecule has 1 aliphatic rings. The zero-order valence-corrected chi connectivity index (χ0v) is 13.8. The molecule has 1 amide bonds. The van der Waals surface area contributed by atoms with E-state index in [-0.39, 0.29) is 11.8 Å². The molecule has 6 heteroatoms. The summed E-state index contributed by atoms with van der Waals surface area (Å²) in [6.45, 7) is 2.10. The zero-order valence-electron chi connectivity index (χ0n) is 13.8. The van der Waals surface area contributed by atoms with Gasteiger partial charge in [-0.1, -0.05) is 18.2 Å². The number of amides is 1. The van der Waals surface area contributed by atoms with E-state index in [1.165, 1.54) is 0 Å². The minimum Gasteiger partial charge on any atom is -0.496 e. The van der Waals surface area contributed by atoms with Gasteiger partial charge in [-0.3, -0.25) is 4.79 Å². The SMILES string of the molecule is COc1ccccc1CNC(=O)C1CCN(c2ncccn2)CC1. The molecule has 126 valence electrons. The molecule has 0 atom stereocenters. The van der Waals surface area contributed by atoms with Gasteiger partial charge in [0.15, 0.2) is 0 Å². The van der Waals surface area contributed by atoms with Gasteiger partial charge in [-0.25, -0.2) is 9.97 Å². The van der Waals surface area contributed by atoms with E-state index in [0.29, 0.717) is 6.54 Å². The maximum Gasteiger partial charge on any atom is 0.225 e. The highest BCUT2D eigenvalue weighted by Gasteiger charge is 2.25. The molecule has 2 aromatic rings. The number of benzene rings is 1. The van der Waals surface area contributed by atoms with Crippen LogP contribution in [0.15, 0.2) is 42.7 Å². The van der Waals surface area contributed by atoms with Crippen molar-refractivity contribution in [2.75, 3.05) is 25.1 Å². The van der Waals surface area contributed by atoms with Crippen LogP contribution >= 0.6 is 0 Å². The minimum atomic E-state index is 0.0414. The van der Waals surface area contributed by atoms with Crippen LogP contribution in [-0.2, 0) is 11.3 Å². The Morgan fingerprint density at radius 2 is 1.92 bits per heavy atom. The molecular weight excluding hydrogens is 304 g/mol. The van der Waals surface area contributed by atoms with Gasteiger partial charge in [-0.2, -0.15) is 0 Å². The van der Waals surface area contributed by atoms with Crippen LogP contribution in [-0.4, -0.2) is 36.1 Å². The van der Waals surface area contributed by atoms with Crippen LogP contribution in [0.5, 0.6) is 5.75 Å². The lowest BCUT2D eigenvalue weighted by atomic mass is 9.96. The predicted molar refractivity (Wildman–Crippen MR) is 91.8 cm³/mol. The summed E-state index contributed by atoms with van der Waals surface area (Å²) in [5.41, 5.74) is 0.989. The van der Waals surface area contributed by atoms with E-state index in [9.17, 15) is 4.79 Å². The number of ether oxygens (including phenoxy) is 1. The quantitative estimate of drug-likeness (QED) is 0.910. The summed E-state index contributed by atoms with van der Waals surface area (Å²) in [4.78, 5) is 23.1. The molecule has 0 unspecified atom stereocenters. The third-order valence-corrected chi connectivity index (χ3v) is 4.35. The second-order valence-corrected chi connectivity index (χ2v) is 5.84. The van der Waals surface area contributed by atoms with Gasteiger partial charge in [0.05, 0.1) is 7.11 Å². The van der Waals surface area contributed by atoms with E-state index in [1.54, 1.807) is 19.5 Å². The van der Waals surface area contributed by atoms with Gasteiger partial charge in [0.2, 0.25) is 11.9 Å². The first-order valence-electron chi connectivity index (χ1n) is 8.19. The molecule has 2 heterocycles. The molecule has 1 N–H and O–H groups in total. The highest BCUT2D eigenvalue weighted by molar-refractivity contribution is 5.79. The molecule has 0 aliphatic carbocycles. The number of aromatic nitrogens is 2. The summed E-state index contributed by atoms with van der Waals surface area (Å²) in [6.07, 6.45) is 5.12. The first kappa shape index (κ1) is 16.2. The first-order chi connectivity index (χ1) is 11.8. The van der Waals surface area contributed by atoms with Crippen molar-refractivity contribution in [1.29, 1.82) is 0 Å².